The van der Waals surface area contributed by atoms with Crippen LogP contribution in [0.2, 0.25) is 0 Å². The fraction of sp³-hybridized carbons (Fsp3) is 0.636. The summed E-state index contributed by atoms with van der Waals surface area (Å²) in [5.41, 5.74) is 3.99. The minimum Gasteiger partial charge on any atom is -0.351 e. The van der Waals surface area contributed by atoms with Crippen LogP contribution in [0.5, 0.6) is 0 Å². The Morgan fingerprint density at radius 1 is 1.15 bits per heavy atom. The number of aryl methyl sites for hydroxylation is 2. The molecule has 3 heterocycles. The van der Waals surface area contributed by atoms with Gasteiger partial charge in [-0.3, -0.25) is 4.79 Å². The molecule has 5 rings (SSSR count). The summed E-state index contributed by atoms with van der Waals surface area (Å²) in [7, 11) is 0. The third-order valence-corrected chi connectivity index (χ3v) is 6.72. The second kappa shape index (κ2) is 7.17. The predicted octanol–water partition coefficient (Wildman–Crippen LogP) is 3.04. The van der Waals surface area contributed by atoms with E-state index in [1.54, 1.807) is 0 Å². The highest BCUT2D eigenvalue weighted by Crippen LogP contribution is 2.41. The lowest BCUT2D eigenvalue weighted by atomic mass is 9.77. The molecule has 0 radical (unpaired) electrons. The van der Waals surface area contributed by atoms with E-state index in [-0.39, 0.29) is 29.3 Å². The molecule has 2 unspecified atom stereocenters. The zero-order valence-electron chi connectivity index (χ0n) is 16.5. The normalized spacial score (nSPS) is 26.6. The first-order valence-corrected chi connectivity index (χ1v) is 10.4. The Morgan fingerprint density at radius 2 is 1.85 bits per heavy atom. The van der Waals surface area contributed by atoms with Crippen LogP contribution in [0.15, 0.2) is 18.2 Å². The van der Waals surface area contributed by atoms with Crippen molar-refractivity contribution in [3.8, 4) is 0 Å². The van der Waals surface area contributed by atoms with Gasteiger partial charge in [0.25, 0.3) is 0 Å². The van der Waals surface area contributed by atoms with Crippen LogP contribution in [-0.4, -0.2) is 42.5 Å². The minimum atomic E-state index is -0.0469. The molecule has 1 saturated carbocycles. The summed E-state index contributed by atoms with van der Waals surface area (Å²) >= 11 is 0. The van der Waals surface area contributed by atoms with Crippen LogP contribution in [0.25, 0.3) is 0 Å². The third kappa shape index (κ3) is 3.69. The summed E-state index contributed by atoms with van der Waals surface area (Å²) in [6.45, 7) is 6.15. The Hall–Kier alpha value is -2.04. The molecule has 1 aliphatic carbocycles. The van der Waals surface area contributed by atoms with E-state index in [9.17, 15) is 9.59 Å². The zero-order valence-corrected chi connectivity index (χ0v) is 16.5. The number of benzene rings is 1. The Labute approximate surface area is 161 Å². The monoisotopic (exact) mass is 369 g/mol. The van der Waals surface area contributed by atoms with E-state index in [0.29, 0.717) is 19.6 Å². The summed E-state index contributed by atoms with van der Waals surface area (Å²) in [5.74, 6) is 0.0680. The predicted molar refractivity (Wildman–Crippen MR) is 106 cm³/mol. The van der Waals surface area contributed by atoms with Gasteiger partial charge in [0, 0.05) is 31.1 Å². The van der Waals surface area contributed by atoms with Gasteiger partial charge < -0.3 is 15.5 Å². The lowest BCUT2D eigenvalue weighted by Crippen LogP contribution is -2.48. The van der Waals surface area contributed by atoms with Crippen molar-refractivity contribution in [1.29, 1.82) is 0 Å². The summed E-state index contributed by atoms with van der Waals surface area (Å²) in [4.78, 5) is 26.8. The minimum absolute atomic E-state index is 0.0148. The Morgan fingerprint density at radius 3 is 2.52 bits per heavy atom. The lowest BCUT2D eigenvalue weighted by molar-refractivity contribution is -0.126. The smallest absolute Gasteiger partial charge is 0.317 e. The van der Waals surface area contributed by atoms with E-state index in [0.717, 1.165) is 25.7 Å². The molecule has 1 aromatic rings. The highest BCUT2D eigenvalue weighted by Gasteiger charge is 2.39. The summed E-state index contributed by atoms with van der Waals surface area (Å²) in [6.07, 6.45) is 6.56. The van der Waals surface area contributed by atoms with Crippen molar-refractivity contribution in [1.82, 2.24) is 15.5 Å². The SMILES string of the molecule is Cc1cc(C)cc(C2(CNC(=O)N3CC4CCC(C3)C(=O)N4)CCCC2)c1. The number of amides is 3. The maximum Gasteiger partial charge on any atom is 0.317 e. The molecule has 3 saturated heterocycles. The third-order valence-electron chi connectivity index (χ3n) is 6.72. The van der Waals surface area contributed by atoms with Crippen molar-refractivity contribution in [2.24, 2.45) is 5.92 Å². The topological polar surface area (TPSA) is 61.4 Å². The van der Waals surface area contributed by atoms with Gasteiger partial charge in [-0.25, -0.2) is 4.79 Å². The number of fused-ring (bicyclic) bond motifs is 4. The summed E-state index contributed by atoms with van der Waals surface area (Å²) in [6, 6.07) is 6.89. The number of nitrogens with zero attached hydrogens (tertiary/aromatic N) is 1. The van der Waals surface area contributed by atoms with Gasteiger partial charge in [-0.1, -0.05) is 42.2 Å². The Kier molecular flexibility index (Phi) is 4.87. The lowest BCUT2D eigenvalue weighted by Gasteiger charge is -2.32. The first-order chi connectivity index (χ1) is 12.9. The van der Waals surface area contributed by atoms with Gasteiger partial charge in [0.15, 0.2) is 0 Å². The van der Waals surface area contributed by atoms with Crippen LogP contribution in [0.1, 0.15) is 55.2 Å². The maximum absolute atomic E-state index is 12.9. The maximum atomic E-state index is 12.9. The van der Waals surface area contributed by atoms with Crippen LogP contribution in [-0.2, 0) is 10.2 Å². The van der Waals surface area contributed by atoms with Crippen molar-refractivity contribution in [3.05, 3.63) is 34.9 Å². The second-order valence-corrected chi connectivity index (χ2v) is 8.91. The molecule has 146 valence electrons. The van der Waals surface area contributed by atoms with Crippen LogP contribution in [0.3, 0.4) is 0 Å². The van der Waals surface area contributed by atoms with Gasteiger partial charge in [0.1, 0.15) is 0 Å². The summed E-state index contributed by atoms with van der Waals surface area (Å²) < 4.78 is 0. The average molecular weight is 370 g/mol. The molecule has 2 bridgehead atoms. The molecular weight excluding hydrogens is 338 g/mol. The molecule has 5 heteroatoms. The number of carbonyl (C=O) groups excluding carboxylic acids is 2. The van der Waals surface area contributed by atoms with Crippen LogP contribution in [0.4, 0.5) is 4.79 Å². The van der Waals surface area contributed by atoms with E-state index in [2.05, 4.69) is 42.7 Å². The number of carbonyl (C=O) groups is 2. The molecule has 0 aromatic heterocycles. The molecule has 4 aliphatic rings. The van der Waals surface area contributed by atoms with Gasteiger partial charge in [-0.05, 0) is 45.1 Å². The number of rotatable bonds is 3. The van der Waals surface area contributed by atoms with E-state index in [4.69, 9.17) is 0 Å². The largest absolute Gasteiger partial charge is 0.351 e. The molecule has 5 nitrogen and oxygen atoms in total. The highest BCUT2D eigenvalue weighted by atomic mass is 16.2. The van der Waals surface area contributed by atoms with Gasteiger partial charge in [-0.15, -0.1) is 0 Å². The van der Waals surface area contributed by atoms with E-state index >= 15 is 0 Å². The molecule has 0 spiro atoms. The number of urea groups is 1. The summed E-state index contributed by atoms with van der Waals surface area (Å²) in [5, 5.41) is 6.28. The number of nitrogens with one attached hydrogen (secondary N) is 2. The van der Waals surface area contributed by atoms with Crippen molar-refractivity contribution >= 4 is 11.9 Å². The molecular formula is C22H31N3O2. The quantitative estimate of drug-likeness (QED) is 0.860. The Balaban J connectivity index is 1.47. The van der Waals surface area contributed by atoms with Crippen LogP contribution >= 0.6 is 0 Å². The van der Waals surface area contributed by atoms with Crippen LogP contribution < -0.4 is 10.6 Å². The average Bonchev–Trinajstić information content (AvgIpc) is 2.94. The molecule has 2 atom stereocenters. The molecule has 3 aliphatic heterocycles. The first-order valence-electron chi connectivity index (χ1n) is 10.4. The van der Waals surface area contributed by atoms with E-state index in [1.807, 2.05) is 4.90 Å². The van der Waals surface area contributed by atoms with Crippen molar-refractivity contribution in [2.75, 3.05) is 19.6 Å². The Bertz CT molecular complexity index is 719. The van der Waals surface area contributed by atoms with Crippen molar-refractivity contribution < 1.29 is 9.59 Å². The highest BCUT2D eigenvalue weighted by molar-refractivity contribution is 5.82. The number of hydrogen-bond donors (Lipinski definition) is 2. The first kappa shape index (κ1) is 18.3. The number of hydrogen-bond acceptors (Lipinski definition) is 2. The molecule has 3 amide bonds. The van der Waals surface area contributed by atoms with Gasteiger partial charge in [0.2, 0.25) is 5.91 Å². The molecule has 4 fully saturated rings. The van der Waals surface area contributed by atoms with Crippen molar-refractivity contribution in [3.63, 3.8) is 0 Å². The van der Waals surface area contributed by atoms with E-state index < -0.39 is 0 Å². The number of piperidine rings is 1. The molecule has 2 N–H and O–H groups in total. The van der Waals surface area contributed by atoms with Crippen molar-refractivity contribution in [2.45, 2.75) is 63.8 Å². The van der Waals surface area contributed by atoms with Gasteiger partial charge in [0.05, 0.1) is 5.92 Å². The zero-order chi connectivity index (χ0) is 19.0. The second-order valence-electron chi connectivity index (χ2n) is 8.91. The van der Waals surface area contributed by atoms with Gasteiger partial charge in [-0.2, -0.15) is 0 Å². The standard InChI is InChI=1S/C22H31N3O2/c1-15-9-16(2)11-18(10-15)22(7-3-4-8-22)14-23-21(27)25-12-17-5-6-19(13-25)24-20(17)26/h9-11,17,19H,3-8,12-14H2,1-2H3,(H,23,27)(H,24,26). The molecule has 1 aromatic carbocycles. The fourth-order valence-electron chi connectivity index (χ4n) is 5.26. The molecule has 27 heavy (non-hydrogen) atoms. The van der Waals surface area contributed by atoms with Crippen LogP contribution in [0, 0.1) is 19.8 Å². The van der Waals surface area contributed by atoms with Gasteiger partial charge >= 0.3 is 6.03 Å². The fourth-order valence-corrected chi connectivity index (χ4v) is 5.26. The van der Waals surface area contributed by atoms with E-state index in [1.165, 1.54) is 29.5 Å².